The van der Waals surface area contributed by atoms with E-state index >= 15 is 0 Å². The number of aromatic nitrogens is 5. The van der Waals surface area contributed by atoms with E-state index in [1.165, 1.54) is 6.33 Å². The number of carbonyl (C=O) groups excluding carboxylic acids is 1. The van der Waals surface area contributed by atoms with Gasteiger partial charge in [0.25, 0.3) is 5.91 Å². The van der Waals surface area contributed by atoms with Gasteiger partial charge in [-0.3, -0.25) is 9.89 Å². The Morgan fingerprint density at radius 3 is 3.13 bits per heavy atom. The molecule has 78 valence electrons. The molecule has 0 saturated carbocycles. The number of amides is 1. The molecule has 0 unspecified atom stereocenters. The molecule has 0 saturated heterocycles. The summed E-state index contributed by atoms with van der Waals surface area (Å²) in [5.41, 5.74) is 0. The van der Waals surface area contributed by atoms with Gasteiger partial charge >= 0.3 is 0 Å². The van der Waals surface area contributed by atoms with E-state index in [1.807, 2.05) is 0 Å². The molecule has 8 nitrogen and oxygen atoms in total. The Labute approximate surface area is 84.1 Å². The maximum atomic E-state index is 11.4. The quantitative estimate of drug-likeness (QED) is 0.698. The standard InChI is InChI=1S/C7H8N6O2/c1-4-11-5(15-13-4)2-8-7(14)6-9-3-10-12-6/h3H,2H2,1H3,(H,8,14)(H,9,10,12). The van der Waals surface area contributed by atoms with Gasteiger partial charge in [-0.2, -0.15) is 10.1 Å². The summed E-state index contributed by atoms with van der Waals surface area (Å²) in [7, 11) is 0. The number of nitrogens with one attached hydrogen (secondary N) is 2. The molecule has 2 N–H and O–H groups in total. The molecule has 0 aliphatic heterocycles. The molecule has 0 aliphatic carbocycles. The fourth-order valence-electron chi connectivity index (χ4n) is 0.966. The first kappa shape index (κ1) is 9.31. The van der Waals surface area contributed by atoms with Crippen LogP contribution in [0.1, 0.15) is 22.3 Å². The molecule has 0 aromatic carbocycles. The summed E-state index contributed by atoms with van der Waals surface area (Å²) in [4.78, 5) is 19.0. The van der Waals surface area contributed by atoms with E-state index < -0.39 is 0 Å². The Kier molecular flexibility index (Phi) is 2.40. The zero-order valence-corrected chi connectivity index (χ0v) is 7.89. The number of H-pyrrole nitrogens is 1. The molecule has 15 heavy (non-hydrogen) atoms. The molecule has 1 amide bonds. The minimum absolute atomic E-state index is 0.145. The zero-order chi connectivity index (χ0) is 10.7. The van der Waals surface area contributed by atoms with Gasteiger partial charge in [0.15, 0.2) is 5.82 Å². The summed E-state index contributed by atoms with van der Waals surface area (Å²) in [6.45, 7) is 1.87. The monoisotopic (exact) mass is 208 g/mol. The van der Waals surface area contributed by atoms with E-state index in [9.17, 15) is 4.79 Å². The highest BCUT2D eigenvalue weighted by Gasteiger charge is 2.09. The maximum absolute atomic E-state index is 11.4. The molecule has 0 aliphatic rings. The summed E-state index contributed by atoms with van der Waals surface area (Å²) < 4.78 is 4.81. The number of aryl methyl sites for hydroxylation is 1. The van der Waals surface area contributed by atoms with Gasteiger partial charge in [0, 0.05) is 0 Å². The van der Waals surface area contributed by atoms with Crippen LogP contribution in [0, 0.1) is 6.92 Å². The minimum atomic E-state index is -0.372. The van der Waals surface area contributed by atoms with Crippen LogP contribution in [-0.2, 0) is 6.54 Å². The zero-order valence-electron chi connectivity index (χ0n) is 7.89. The highest BCUT2D eigenvalue weighted by molar-refractivity contribution is 5.90. The second-order valence-corrected chi connectivity index (χ2v) is 2.75. The number of hydrogen-bond donors (Lipinski definition) is 2. The molecule has 2 aromatic rings. The highest BCUT2D eigenvalue weighted by atomic mass is 16.5. The third kappa shape index (κ3) is 2.16. The van der Waals surface area contributed by atoms with Crippen LogP contribution in [0.2, 0.25) is 0 Å². The van der Waals surface area contributed by atoms with Crippen LogP contribution in [0.25, 0.3) is 0 Å². The lowest BCUT2D eigenvalue weighted by atomic mass is 10.5. The van der Waals surface area contributed by atoms with E-state index in [1.54, 1.807) is 6.92 Å². The van der Waals surface area contributed by atoms with Crippen molar-refractivity contribution in [1.29, 1.82) is 0 Å². The number of nitrogens with zero attached hydrogens (tertiary/aromatic N) is 4. The molecule has 0 spiro atoms. The molecule has 0 fully saturated rings. The minimum Gasteiger partial charge on any atom is -0.340 e. The Morgan fingerprint density at radius 2 is 2.53 bits per heavy atom. The van der Waals surface area contributed by atoms with Crippen molar-refractivity contribution in [1.82, 2.24) is 30.6 Å². The van der Waals surface area contributed by atoms with Gasteiger partial charge in [0.2, 0.25) is 11.7 Å². The van der Waals surface area contributed by atoms with Gasteiger partial charge in [0.1, 0.15) is 6.33 Å². The number of rotatable bonds is 3. The van der Waals surface area contributed by atoms with Crippen molar-refractivity contribution in [2.24, 2.45) is 0 Å². The van der Waals surface area contributed by atoms with Gasteiger partial charge in [-0.15, -0.1) is 0 Å². The van der Waals surface area contributed by atoms with Crippen molar-refractivity contribution in [2.45, 2.75) is 13.5 Å². The van der Waals surface area contributed by atoms with E-state index in [0.29, 0.717) is 11.7 Å². The van der Waals surface area contributed by atoms with Gasteiger partial charge in [-0.05, 0) is 6.92 Å². The molecule has 0 bridgehead atoms. The summed E-state index contributed by atoms with van der Waals surface area (Å²) in [6.07, 6.45) is 1.26. The molecule has 2 heterocycles. The molecule has 2 aromatic heterocycles. The first-order valence-corrected chi connectivity index (χ1v) is 4.18. The summed E-state index contributed by atoms with van der Waals surface area (Å²) in [6, 6.07) is 0. The van der Waals surface area contributed by atoms with Gasteiger partial charge in [-0.1, -0.05) is 5.16 Å². The van der Waals surface area contributed by atoms with Crippen LogP contribution < -0.4 is 5.32 Å². The van der Waals surface area contributed by atoms with Crippen molar-refractivity contribution in [3.63, 3.8) is 0 Å². The highest BCUT2D eigenvalue weighted by Crippen LogP contribution is 1.95. The van der Waals surface area contributed by atoms with Crippen LogP contribution in [0.15, 0.2) is 10.9 Å². The van der Waals surface area contributed by atoms with Crippen LogP contribution in [0.5, 0.6) is 0 Å². The van der Waals surface area contributed by atoms with Crippen LogP contribution >= 0.6 is 0 Å². The Bertz CT molecular complexity index is 448. The van der Waals surface area contributed by atoms with Gasteiger partial charge < -0.3 is 9.84 Å². The maximum Gasteiger partial charge on any atom is 0.289 e. The third-order valence-corrected chi connectivity index (χ3v) is 1.60. The Morgan fingerprint density at radius 1 is 1.67 bits per heavy atom. The van der Waals surface area contributed by atoms with E-state index in [0.717, 1.165) is 0 Å². The molecular formula is C7H8N6O2. The van der Waals surface area contributed by atoms with Crippen molar-refractivity contribution in [2.75, 3.05) is 0 Å². The second kappa shape index (κ2) is 3.86. The van der Waals surface area contributed by atoms with Gasteiger partial charge in [0.05, 0.1) is 6.54 Å². The largest absolute Gasteiger partial charge is 0.340 e. The second-order valence-electron chi connectivity index (χ2n) is 2.75. The molecular weight excluding hydrogens is 200 g/mol. The van der Waals surface area contributed by atoms with Gasteiger partial charge in [-0.25, -0.2) is 4.98 Å². The fourth-order valence-corrected chi connectivity index (χ4v) is 0.966. The number of aromatic amines is 1. The van der Waals surface area contributed by atoms with Crippen LogP contribution in [0.3, 0.4) is 0 Å². The molecule has 2 rings (SSSR count). The lowest BCUT2D eigenvalue weighted by molar-refractivity contribution is 0.0936. The number of hydrogen-bond acceptors (Lipinski definition) is 6. The van der Waals surface area contributed by atoms with Crippen molar-refractivity contribution in [3.05, 3.63) is 23.9 Å². The summed E-state index contributed by atoms with van der Waals surface area (Å²) in [5.74, 6) is 0.647. The number of carbonyl (C=O) groups is 1. The fraction of sp³-hybridized carbons (Fsp3) is 0.286. The van der Waals surface area contributed by atoms with E-state index in [4.69, 9.17) is 4.52 Å². The van der Waals surface area contributed by atoms with Crippen molar-refractivity contribution < 1.29 is 9.32 Å². The summed E-state index contributed by atoms with van der Waals surface area (Å²) >= 11 is 0. The lowest BCUT2D eigenvalue weighted by Gasteiger charge is -1.96. The van der Waals surface area contributed by atoms with Crippen molar-refractivity contribution >= 4 is 5.91 Å². The SMILES string of the molecule is Cc1noc(CNC(=O)c2ncn[nH]2)n1. The third-order valence-electron chi connectivity index (χ3n) is 1.60. The lowest BCUT2D eigenvalue weighted by Crippen LogP contribution is -2.24. The smallest absolute Gasteiger partial charge is 0.289 e. The van der Waals surface area contributed by atoms with Crippen LogP contribution in [-0.4, -0.2) is 31.2 Å². The van der Waals surface area contributed by atoms with Crippen molar-refractivity contribution in [3.8, 4) is 0 Å². The molecule has 0 atom stereocenters. The average molecular weight is 208 g/mol. The predicted octanol–water partition coefficient (Wildman–Crippen LogP) is -0.574. The van der Waals surface area contributed by atoms with E-state index in [2.05, 4.69) is 30.6 Å². The average Bonchev–Trinajstić information content (AvgIpc) is 2.84. The predicted molar refractivity (Wildman–Crippen MR) is 46.6 cm³/mol. The Balaban J connectivity index is 1.91. The first-order chi connectivity index (χ1) is 7.25. The van der Waals surface area contributed by atoms with E-state index in [-0.39, 0.29) is 18.3 Å². The summed E-state index contributed by atoms with van der Waals surface area (Å²) in [5, 5.41) is 12.1. The topological polar surface area (TPSA) is 110 Å². The molecule has 8 heteroatoms. The first-order valence-electron chi connectivity index (χ1n) is 4.18. The normalized spacial score (nSPS) is 10.2. The molecule has 0 radical (unpaired) electrons. The van der Waals surface area contributed by atoms with Crippen LogP contribution in [0.4, 0.5) is 0 Å². The Hall–Kier alpha value is -2.25.